The lowest BCUT2D eigenvalue weighted by atomic mass is 9.98. The van der Waals surface area contributed by atoms with Gasteiger partial charge in [0.25, 0.3) is 0 Å². The molecule has 2 nitrogen and oxygen atoms in total. The van der Waals surface area contributed by atoms with Crippen LogP contribution in [0.2, 0.25) is 0 Å². The van der Waals surface area contributed by atoms with Crippen molar-refractivity contribution >= 4 is 5.69 Å². The molecule has 0 spiro atoms. The number of benzene rings is 1. The molecule has 0 radical (unpaired) electrons. The largest absolute Gasteiger partial charge is 0.398 e. The molecule has 0 unspecified atom stereocenters. The molecule has 76 valence electrons. The third-order valence-electron chi connectivity index (χ3n) is 2.56. The normalized spacial score (nSPS) is 10.3. The second-order valence-corrected chi connectivity index (χ2v) is 3.77. The minimum atomic E-state index is 0.842. The lowest BCUT2D eigenvalue weighted by molar-refractivity contribution is 1.31. The average molecular weight is 198 g/mol. The summed E-state index contributed by atoms with van der Waals surface area (Å²) in [4.78, 5) is 4.12. The molecular weight excluding hydrogens is 184 g/mol. The second-order valence-electron chi connectivity index (χ2n) is 3.77. The molecule has 0 aliphatic rings. The summed E-state index contributed by atoms with van der Waals surface area (Å²) in [5, 5.41) is 0. The Hall–Kier alpha value is -1.83. The minimum Gasteiger partial charge on any atom is -0.398 e. The van der Waals surface area contributed by atoms with Gasteiger partial charge in [0.05, 0.1) is 0 Å². The van der Waals surface area contributed by atoms with Crippen LogP contribution >= 0.6 is 0 Å². The Morgan fingerprint density at radius 2 is 2.00 bits per heavy atom. The molecule has 1 heterocycles. The molecule has 0 aliphatic heterocycles. The quantitative estimate of drug-likeness (QED) is 0.715. The molecule has 15 heavy (non-hydrogen) atoms. The van der Waals surface area contributed by atoms with Gasteiger partial charge >= 0.3 is 0 Å². The van der Waals surface area contributed by atoms with Crippen LogP contribution in [0.15, 0.2) is 36.7 Å². The van der Waals surface area contributed by atoms with Crippen LogP contribution in [-0.2, 0) is 0 Å². The molecular formula is C13H14N2. The predicted molar refractivity (Wildman–Crippen MR) is 63.6 cm³/mol. The van der Waals surface area contributed by atoms with Gasteiger partial charge in [0.15, 0.2) is 0 Å². The van der Waals surface area contributed by atoms with Gasteiger partial charge < -0.3 is 5.73 Å². The Labute approximate surface area is 89.8 Å². The molecule has 0 fully saturated rings. The highest BCUT2D eigenvalue weighted by Crippen LogP contribution is 2.27. The van der Waals surface area contributed by atoms with Gasteiger partial charge in [-0.2, -0.15) is 0 Å². The number of anilines is 1. The highest BCUT2D eigenvalue weighted by molar-refractivity contribution is 5.73. The molecule has 1 aromatic heterocycles. The highest BCUT2D eigenvalue weighted by atomic mass is 14.6. The number of nitrogens with two attached hydrogens (primary N) is 1. The number of rotatable bonds is 1. The van der Waals surface area contributed by atoms with Gasteiger partial charge in [0.1, 0.15) is 0 Å². The first-order valence-electron chi connectivity index (χ1n) is 4.95. The Kier molecular flexibility index (Phi) is 2.42. The molecule has 0 aliphatic carbocycles. The van der Waals surface area contributed by atoms with Crippen molar-refractivity contribution in [2.45, 2.75) is 13.8 Å². The fraction of sp³-hybridized carbons (Fsp3) is 0.154. The van der Waals surface area contributed by atoms with Crippen molar-refractivity contribution in [2.24, 2.45) is 0 Å². The molecule has 2 heteroatoms. The van der Waals surface area contributed by atoms with Crippen molar-refractivity contribution in [3.8, 4) is 11.1 Å². The third-order valence-corrected chi connectivity index (χ3v) is 2.56. The standard InChI is InChI=1S/C13H14N2/c1-9-6-12(10(2)13(14)7-9)11-4-3-5-15-8-11/h3-8H,14H2,1-2H3. The van der Waals surface area contributed by atoms with Gasteiger partial charge in [-0.3, -0.25) is 4.98 Å². The minimum absolute atomic E-state index is 0.842. The summed E-state index contributed by atoms with van der Waals surface area (Å²) in [6.45, 7) is 4.09. The van der Waals surface area contributed by atoms with Gasteiger partial charge in [-0.15, -0.1) is 0 Å². The van der Waals surface area contributed by atoms with Crippen LogP contribution in [-0.4, -0.2) is 4.98 Å². The molecule has 2 aromatic rings. The first-order chi connectivity index (χ1) is 7.18. The van der Waals surface area contributed by atoms with E-state index in [4.69, 9.17) is 5.73 Å². The van der Waals surface area contributed by atoms with Crippen molar-refractivity contribution in [1.29, 1.82) is 0 Å². The molecule has 2 N–H and O–H groups in total. The molecule has 0 bridgehead atoms. The Balaban J connectivity index is 2.63. The van der Waals surface area contributed by atoms with Crippen LogP contribution in [0.4, 0.5) is 5.69 Å². The van der Waals surface area contributed by atoms with E-state index in [0.717, 1.165) is 16.8 Å². The predicted octanol–water partition coefficient (Wildman–Crippen LogP) is 2.95. The number of hydrogen-bond acceptors (Lipinski definition) is 2. The number of aryl methyl sites for hydroxylation is 1. The van der Waals surface area contributed by atoms with Crippen molar-refractivity contribution in [3.05, 3.63) is 47.8 Å². The van der Waals surface area contributed by atoms with Crippen LogP contribution in [0, 0.1) is 13.8 Å². The van der Waals surface area contributed by atoms with Gasteiger partial charge in [0.2, 0.25) is 0 Å². The van der Waals surface area contributed by atoms with Crippen LogP contribution in [0.5, 0.6) is 0 Å². The van der Waals surface area contributed by atoms with Gasteiger partial charge in [-0.1, -0.05) is 12.1 Å². The van der Waals surface area contributed by atoms with E-state index < -0.39 is 0 Å². The lowest BCUT2D eigenvalue weighted by Gasteiger charge is -2.09. The van der Waals surface area contributed by atoms with Gasteiger partial charge in [-0.25, -0.2) is 0 Å². The summed E-state index contributed by atoms with van der Waals surface area (Å²) >= 11 is 0. The maximum Gasteiger partial charge on any atom is 0.0352 e. The number of nitrogen functional groups attached to an aromatic ring is 1. The van der Waals surface area contributed by atoms with Gasteiger partial charge in [-0.05, 0) is 42.7 Å². The van der Waals surface area contributed by atoms with Crippen LogP contribution in [0.25, 0.3) is 11.1 Å². The summed E-state index contributed by atoms with van der Waals surface area (Å²) in [5.41, 5.74) is 11.4. The molecule has 0 saturated carbocycles. The van der Waals surface area contributed by atoms with Crippen LogP contribution in [0.1, 0.15) is 11.1 Å². The summed E-state index contributed by atoms with van der Waals surface area (Å²) in [5.74, 6) is 0. The molecule has 0 saturated heterocycles. The SMILES string of the molecule is Cc1cc(N)c(C)c(-c2cccnc2)c1. The average Bonchev–Trinajstić information content (AvgIpc) is 2.24. The molecule has 0 atom stereocenters. The first-order valence-corrected chi connectivity index (χ1v) is 4.95. The summed E-state index contributed by atoms with van der Waals surface area (Å²) in [6.07, 6.45) is 3.64. The number of pyridine rings is 1. The molecule has 0 amide bonds. The Morgan fingerprint density at radius 3 is 2.67 bits per heavy atom. The second kappa shape index (κ2) is 3.73. The fourth-order valence-corrected chi connectivity index (χ4v) is 1.71. The van der Waals surface area contributed by atoms with Crippen molar-refractivity contribution in [2.75, 3.05) is 5.73 Å². The highest BCUT2D eigenvalue weighted by Gasteiger charge is 2.05. The van der Waals surface area contributed by atoms with Crippen molar-refractivity contribution < 1.29 is 0 Å². The maximum atomic E-state index is 5.94. The summed E-state index contributed by atoms with van der Waals surface area (Å²) in [6, 6.07) is 8.12. The zero-order valence-electron chi connectivity index (χ0n) is 8.99. The Bertz CT molecular complexity index is 475. The zero-order valence-corrected chi connectivity index (χ0v) is 8.99. The van der Waals surface area contributed by atoms with E-state index in [-0.39, 0.29) is 0 Å². The Morgan fingerprint density at radius 1 is 1.20 bits per heavy atom. The number of nitrogens with zero attached hydrogens (tertiary/aromatic N) is 1. The zero-order chi connectivity index (χ0) is 10.8. The summed E-state index contributed by atoms with van der Waals surface area (Å²) in [7, 11) is 0. The van der Waals surface area contributed by atoms with Gasteiger partial charge in [0, 0.05) is 23.6 Å². The fourth-order valence-electron chi connectivity index (χ4n) is 1.71. The van der Waals surface area contributed by atoms with Crippen LogP contribution < -0.4 is 5.73 Å². The summed E-state index contributed by atoms with van der Waals surface area (Å²) < 4.78 is 0. The third kappa shape index (κ3) is 1.84. The van der Waals surface area contributed by atoms with E-state index in [1.807, 2.05) is 31.3 Å². The van der Waals surface area contributed by atoms with E-state index in [2.05, 4.69) is 18.0 Å². The van der Waals surface area contributed by atoms with E-state index in [1.165, 1.54) is 11.1 Å². The van der Waals surface area contributed by atoms with E-state index >= 15 is 0 Å². The molecule has 1 aromatic carbocycles. The number of hydrogen-bond donors (Lipinski definition) is 1. The first kappa shape index (κ1) is 9.71. The molecule has 2 rings (SSSR count). The van der Waals surface area contributed by atoms with E-state index in [9.17, 15) is 0 Å². The van der Waals surface area contributed by atoms with Crippen LogP contribution in [0.3, 0.4) is 0 Å². The van der Waals surface area contributed by atoms with E-state index in [1.54, 1.807) is 6.20 Å². The smallest absolute Gasteiger partial charge is 0.0352 e. The monoisotopic (exact) mass is 198 g/mol. The topological polar surface area (TPSA) is 38.9 Å². The van der Waals surface area contributed by atoms with Crippen molar-refractivity contribution in [1.82, 2.24) is 4.98 Å². The maximum absolute atomic E-state index is 5.94. The lowest BCUT2D eigenvalue weighted by Crippen LogP contribution is -1.94. The van der Waals surface area contributed by atoms with Crippen molar-refractivity contribution in [3.63, 3.8) is 0 Å². The number of aromatic nitrogens is 1. The van der Waals surface area contributed by atoms with E-state index in [0.29, 0.717) is 0 Å².